The first kappa shape index (κ1) is 17.5. The van der Waals surface area contributed by atoms with Crippen molar-refractivity contribution in [2.75, 3.05) is 6.61 Å². The smallest absolute Gasteiger partial charge is 0.197 e. The van der Waals surface area contributed by atoms with Crippen LogP contribution in [0.2, 0.25) is 0 Å². The summed E-state index contributed by atoms with van der Waals surface area (Å²) in [7, 11) is 0. The quantitative estimate of drug-likeness (QED) is 0.673. The molecule has 6 nitrogen and oxygen atoms in total. The van der Waals surface area contributed by atoms with Crippen molar-refractivity contribution in [1.82, 2.24) is 0 Å². The van der Waals surface area contributed by atoms with E-state index < -0.39 is 11.4 Å². The molecule has 5 rings (SSSR count). The molecule has 2 heterocycles. The Morgan fingerprint density at radius 2 is 1.89 bits per heavy atom. The lowest BCUT2D eigenvalue weighted by molar-refractivity contribution is -0.173. The van der Waals surface area contributed by atoms with E-state index in [1.165, 1.54) is 6.07 Å². The lowest BCUT2D eigenvalue weighted by atomic mass is 9.81. The fourth-order valence-electron chi connectivity index (χ4n) is 4.63. The number of carbonyl (C=O) groups excluding carboxylic acids is 1. The number of hydrogen-bond acceptors (Lipinski definition) is 6. The van der Waals surface area contributed by atoms with Crippen molar-refractivity contribution in [3.63, 3.8) is 0 Å². The predicted molar refractivity (Wildman–Crippen MR) is 100 cm³/mol. The van der Waals surface area contributed by atoms with Gasteiger partial charge in [0.1, 0.15) is 29.0 Å². The lowest BCUT2D eigenvalue weighted by Crippen LogP contribution is -2.45. The van der Waals surface area contributed by atoms with E-state index in [4.69, 9.17) is 14.2 Å². The van der Waals surface area contributed by atoms with Gasteiger partial charge in [-0.15, -0.1) is 0 Å². The molecule has 2 N–H and O–H groups in total. The Bertz CT molecular complexity index is 1020. The molecule has 1 unspecified atom stereocenters. The van der Waals surface area contributed by atoms with Crippen LogP contribution in [0.1, 0.15) is 53.4 Å². The van der Waals surface area contributed by atoms with Crippen LogP contribution in [0.3, 0.4) is 0 Å². The fourth-order valence-corrected chi connectivity index (χ4v) is 4.63. The van der Waals surface area contributed by atoms with Gasteiger partial charge in [-0.2, -0.15) is 0 Å². The first-order chi connectivity index (χ1) is 13.2. The third-order valence-electron chi connectivity index (χ3n) is 5.94. The van der Waals surface area contributed by atoms with Gasteiger partial charge in [0.25, 0.3) is 0 Å². The molecular weight excluding hydrogens is 360 g/mol. The second-order valence-corrected chi connectivity index (χ2v) is 8.49. The Morgan fingerprint density at radius 3 is 2.61 bits per heavy atom. The van der Waals surface area contributed by atoms with Crippen LogP contribution in [-0.4, -0.2) is 40.1 Å². The third-order valence-corrected chi connectivity index (χ3v) is 5.94. The van der Waals surface area contributed by atoms with E-state index in [0.717, 1.165) is 16.9 Å². The largest absolute Gasteiger partial charge is 0.508 e. The van der Waals surface area contributed by atoms with Gasteiger partial charge in [0.05, 0.1) is 12.2 Å². The van der Waals surface area contributed by atoms with Gasteiger partial charge in [0.15, 0.2) is 11.6 Å². The van der Waals surface area contributed by atoms with E-state index in [9.17, 15) is 15.0 Å². The summed E-state index contributed by atoms with van der Waals surface area (Å²) in [5, 5.41) is 20.0. The number of benzene rings is 2. The molecule has 0 saturated carbocycles. The summed E-state index contributed by atoms with van der Waals surface area (Å²) in [5.74, 6) is -0.380. The molecule has 1 fully saturated rings. The number of hydrogen-bond donors (Lipinski definition) is 2. The highest BCUT2D eigenvalue weighted by Crippen LogP contribution is 2.45. The van der Waals surface area contributed by atoms with Gasteiger partial charge in [-0.1, -0.05) is 0 Å². The summed E-state index contributed by atoms with van der Waals surface area (Å²) in [6.45, 7) is 6.19. The van der Waals surface area contributed by atoms with Gasteiger partial charge < -0.3 is 24.4 Å². The second-order valence-electron chi connectivity index (χ2n) is 8.49. The molecule has 1 aliphatic carbocycles. The van der Waals surface area contributed by atoms with Crippen LogP contribution in [-0.2, 0) is 22.3 Å². The molecule has 6 heteroatoms. The predicted octanol–water partition coefficient (Wildman–Crippen LogP) is 3.08. The minimum atomic E-state index is -0.656. The highest BCUT2D eigenvalue weighted by molar-refractivity contribution is 6.14. The van der Waals surface area contributed by atoms with Crippen LogP contribution < -0.4 is 4.74 Å². The molecule has 146 valence electrons. The average Bonchev–Trinajstić information content (AvgIpc) is 3.16. The van der Waals surface area contributed by atoms with Gasteiger partial charge in [-0.25, -0.2) is 0 Å². The molecule has 2 aromatic carbocycles. The monoisotopic (exact) mass is 382 g/mol. The van der Waals surface area contributed by atoms with Gasteiger partial charge in [0.2, 0.25) is 0 Å². The highest BCUT2D eigenvalue weighted by Gasteiger charge is 2.51. The van der Waals surface area contributed by atoms with Gasteiger partial charge in [-0.3, -0.25) is 4.79 Å². The highest BCUT2D eigenvalue weighted by atomic mass is 16.8. The number of carbonyl (C=O) groups is 1. The maximum absolute atomic E-state index is 13.0. The fraction of sp³-hybridized carbons (Fsp3) is 0.409. The van der Waals surface area contributed by atoms with Gasteiger partial charge >= 0.3 is 0 Å². The molecule has 0 amide bonds. The summed E-state index contributed by atoms with van der Waals surface area (Å²) in [4.78, 5) is 13.0. The van der Waals surface area contributed by atoms with Crippen LogP contribution in [0.25, 0.3) is 0 Å². The minimum Gasteiger partial charge on any atom is -0.508 e. The van der Waals surface area contributed by atoms with E-state index >= 15 is 0 Å². The van der Waals surface area contributed by atoms with Crippen LogP contribution in [0, 0.1) is 0 Å². The molecule has 2 atom stereocenters. The molecular formula is C22H22O6. The number of aromatic hydroxyl groups is 2. The molecule has 2 aromatic rings. The van der Waals surface area contributed by atoms with E-state index in [-0.39, 0.29) is 28.9 Å². The molecule has 0 radical (unpaired) electrons. The topological polar surface area (TPSA) is 85.2 Å². The number of fused-ring (bicyclic) bond motifs is 4. The second kappa shape index (κ2) is 5.49. The zero-order chi connectivity index (χ0) is 19.8. The van der Waals surface area contributed by atoms with Crippen molar-refractivity contribution in [3.8, 4) is 17.2 Å². The number of phenols is 2. The standard InChI is InChI=1S/C22H22O6/c1-21(2)26-10-22(3,28-21)18-9-15-14-7-11-6-12(23)8-16(24)19(11)20(25)13(14)4-5-17(15)27-18/h4-6,8,18,23-24H,7,9-10H2,1-3H3/t18-,22?/m1/s1. The maximum Gasteiger partial charge on any atom is 0.197 e. The summed E-state index contributed by atoms with van der Waals surface area (Å²) in [6, 6.07) is 6.32. The van der Waals surface area contributed by atoms with Crippen molar-refractivity contribution in [2.24, 2.45) is 0 Å². The Kier molecular flexibility index (Phi) is 3.44. The third kappa shape index (κ3) is 2.45. The number of ether oxygens (including phenoxy) is 3. The van der Waals surface area contributed by atoms with Crippen LogP contribution >= 0.6 is 0 Å². The molecule has 0 bridgehead atoms. The zero-order valence-electron chi connectivity index (χ0n) is 16.0. The maximum atomic E-state index is 13.0. The Labute approximate surface area is 162 Å². The van der Waals surface area contributed by atoms with Crippen LogP contribution in [0.15, 0.2) is 24.3 Å². The molecule has 2 aliphatic heterocycles. The van der Waals surface area contributed by atoms with Crippen molar-refractivity contribution < 1.29 is 29.2 Å². The molecule has 1 saturated heterocycles. The van der Waals surface area contributed by atoms with Crippen LogP contribution in [0.5, 0.6) is 17.2 Å². The molecule has 3 aliphatic rings. The van der Waals surface area contributed by atoms with E-state index in [0.29, 0.717) is 30.6 Å². The summed E-state index contributed by atoms with van der Waals surface area (Å²) in [6.07, 6.45) is 0.851. The summed E-state index contributed by atoms with van der Waals surface area (Å²) in [5.41, 5.74) is 2.76. The average molecular weight is 382 g/mol. The van der Waals surface area contributed by atoms with Crippen molar-refractivity contribution >= 4 is 5.78 Å². The summed E-state index contributed by atoms with van der Waals surface area (Å²) >= 11 is 0. The van der Waals surface area contributed by atoms with Crippen molar-refractivity contribution in [2.45, 2.75) is 51.1 Å². The first-order valence-electron chi connectivity index (χ1n) is 9.42. The van der Waals surface area contributed by atoms with Gasteiger partial charge in [0, 0.05) is 23.6 Å². The number of rotatable bonds is 1. The Balaban J connectivity index is 1.53. The number of phenolic OH excluding ortho intramolecular Hbond substituents is 2. The van der Waals surface area contributed by atoms with E-state index in [1.54, 1.807) is 12.1 Å². The Hall–Kier alpha value is -2.57. The van der Waals surface area contributed by atoms with Gasteiger partial charge in [-0.05, 0) is 56.5 Å². The zero-order valence-corrected chi connectivity index (χ0v) is 16.0. The van der Waals surface area contributed by atoms with E-state index in [1.807, 2.05) is 26.8 Å². The number of ketones is 1. The minimum absolute atomic E-state index is 0.0551. The Morgan fingerprint density at radius 1 is 1.11 bits per heavy atom. The molecule has 28 heavy (non-hydrogen) atoms. The van der Waals surface area contributed by atoms with Crippen molar-refractivity contribution in [3.05, 3.63) is 52.1 Å². The summed E-state index contributed by atoms with van der Waals surface area (Å²) < 4.78 is 18.1. The van der Waals surface area contributed by atoms with Crippen molar-refractivity contribution in [1.29, 1.82) is 0 Å². The molecule has 0 spiro atoms. The van der Waals surface area contributed by atoms with E-state index in [2.05, 4.69) is 0 Å². The SMILES string of the molecule is CC1(C)OCC(C)([C@H]2Cc3c(ccc4c3Cc3cc(O)cc(O)c3C4=O)O2)O1. The lowest BCUT2D eigenvalue weighted by Gasteiger charge is -2.30. The first-order valence-corrected chi connectivity index (χ1v) is 9.42. The molecule has 0 aromatic heterocycles. The van der Waals surface area contributed by atoms with Crippen LogP contribution in [0.4, 0.5) is 0 Å². The normalized spacial score (nSPS) is 27.1.